The van der Waals surface area contributed by atoms with Crippen LogP contribution in [0.3, 0.4) is 0 Å². The lowest BCUT2D eigenvalue weighted by Gasteiger charge is -2.41. The highest BCUT2D eigenvalue weighted by Crippen LogP contribution is 2.44. The molecule has 0 bridgehead atoms. The van der Waals surface area contributed by atoms with E-state index in [1.165, 1.54) is 70.6 Å². The predicted octanol–water partition coefficient (Wildman–Crippen LogP) is 7.13. The molecule has 27 heavy (non-hydrogen) atoms. The minimum atomic E-state index is 0.695. The lowest BCUT2D eigenvalue weighted by atomic mass is 9.65. The van der Waals surface area contributed by atoms with Gasteiger partial charge >= 0.3 is 0 Å². The SMILES string of the molecule is CCCC1CCC(C2CCCCC2CCCOc2ccc(C#N)cc2)CC1. The van der Waals surface area contributed by atoms with Gasteiger partial charge in [0, 0.05) is 0 Å². The molecule has 2 aliphatic carbocycles. The minimum Gasteiger partial charge on any atom is -0.494 e. The molecule has 2 aliphatic rings. The fourth-order valence-corrected chi connectivity index (χ4v) is 5.69. The molecule has 2 unspecified atom stereocenters. The molecule has 0 heterocycles. The van der Waals surface area contributed by atoms with Gasteiger partial charge in [-0.1, -0.05) is 51.9 Å². The smallest absolute Gasteiger partial charge is 0.119 e. The summed E-state index contributed by atoms with van der Waals surface area (Å²) in [5.74, 6) is 4.83. The van der Waals surface area contributed by atoms with E-state index in [1.54, 1.807) is 0 Å². The lowest BCUT2D eigenvalue weighted by molar-refractivity contribution is 0.101. The van der Waals surface area contributed by atoms with E-state index in [1.807, 2.05) is 24.3 Å². The maximum absolute atomic E-state index is 8.87. The van der Waals surface area contributed by atoms with Gasteiger partial charge in [-0.25, -0.2) is 0 Å². The maximum Gasteiger partial charge on any atom is 0.119 e. The summed E-state index contributed by atoms with van der Waals surface area (Å²) in [4.78, 5) is 0. The monoisotopic (exact) mass is 367 g/mol. The van der Waals surface area contributed by atoms with Crippen molar-refractivity contribution in [2.75, 3.05) is 6.61 Å². The van der Waals surface area contributed by atoms with E-state index in [9.17, 15) is 0 Å². The Kier molecular flexibility index (Phi) is 8.06. The first-order valence-electron chi connectivity index (χ1n) is 11.4. The molecule has 2 saturated carbocycles. The first-order chi connectivity index (χ1) is 13.3. The van der Waals surface area contributed by atoms with Crippen LogP contribution in [0, 0.1) is 35.0 Å². The molecule has 1 aromatic rings. The van der Waals surface area contributed by atoms with Crippen molar-refractivity contribution in [3.05, 3.63) is 29.8 Å². The lowest BCUT2D eigenvalue weighted by Crippen LogP contribution is -2.30. The summed E-state index contributed by atoms with van der Waals surface area (Å²) in [6, 6.07) is 9.65. The Morgan fingerprint density at radius 1 is 0.963 bits per heavy atom. The van der Waals surface area contributed by atoms with Gasteiger partial charge in [0.15, 0.2) is 0 Å². The van der Waals surface area contributed by atoms with Crippen molar-refractivity contribution < 1.29 is 4.74 Å². The van der Waals surface area contributed by atoms with Gasteiger partial charge in [0.2, 0.25) is 0 Å². The molecule has 0 radical (unpaired) electrons. The van der Waals surface area contributed by atoms with Crippen molar-refractivity contribution in [2.45, 2.75) is 84.0 Å². The van der Waals surface area contributed by atoms with Gasteiger partial charge < -0.3 is 4.74 Å². The van der Waals surface area contributed by atoms with E-state index in [4.69, 9.17) is 10.00 Å². The second kappa shape index (κ2) is 10.7. The van der Waals surface area contributed by atoms with Crippen LogP contribution in [0.25, 0.3) is 0 Å². The van der Waals surface area contributed by atoms with Crippen LogP contribution in [-0.2, 0) is 0 Å². The van der Waals surface area contributed by atoms with Crippen LogP contribution >= 0.6 is 0 Å². The van der Waals surface area contributed by atoms with Crippen LogP contribution in [0.15, 0.2) is 24.3 Å². The fraction of sp³-hybridized carbons (Fsp3) is 0.720. The molecular weight excluding hydrogens is 330 g/mol. The summed E-state index contributed by atoms with van der Waals surface area (Å²) >= 11 is 0. The number of nitriles is 1. The van der Waals surface area contributed by atoms with Crippen LogP contribution in [0.1, 0.15) is 89.5 Å². The van der Waals surface area contributed by atoms with Crippen molar-refractivity contribution in [3.63, 3.8) is 0 Å². The van der Waals surface area contributed by atoms with Crippen LogP contribution in [0.5, 0.6) is 5.75 Å². The fourth-order valence-electron chi connectivity index (χ4n) is 5.69. The minimum absolute atomic E-state index is 0.695. The summed E-state index contributed by atoms with van der Waals surface area (Å²) < 4.78 is 5.91. The molecule has 3 rings (SSSR count). The van der Waals surface area contributed by atoms with Gasteiger partial charge in [0.25, 0.3) is 0 Å². The zero-order valence-electron chi connectivity index (χ0n) is 17.2. The Bertz CT molecular complexity index is 579. The Balaban J connectivity index is 1.41. The van der Waals surface area contributed by atoms with Gasteiger partial charge in [-0.3, -0.25) is 0 Å². The second-order valence-electron chi connectivity index (χ2n) is 8.90. The van der Waals surface area contributed by atoms with E-state index >= 15 is 0 Å². The molecule has 0 N–H and O–H groups in total. The number of rotatable bonds is 8. The third-order valence-electron chi connectivity index (χ3n) is 7.13. The van der Waals surface area contributed by atoms with Gasteiger partial charge in [0.1, 0.15) is 5.75 Å². The van der Waals surface area contributed by atoms with Gasteiger partial charge in [-0.2, -0.15) is 5.26 Å². The third-order valence-corrected chi connectivity index (χ3v) is 7.13. The molecule has 2 fully saturated rings. The predicted molar refractivity (Wildman–Crippen MR) is 112 cm³/mol. The first-order valence-corrected chi connectivity index (χ1v) is 11.4. The first kappa shape index (κ1) is 20.2. The summed E-state index contributed by atoms with van der Waals surface area (Å²) in [5, 5.41) is 8.87. The molecule has 0 spiro atoms. The molecule has 2 atom stereocenters. The van der Waals surface area contributed by atoms with Crippen LogP contribution < -0.4 is 4.74 Å². The summed E-state index contributed by atoms with van der Waals surface area (Å²) in [6.45, 7) is 3.14. The quantitative estimate of drug-likeness (QED) is 0.458. The molecule has 2 nitrogen and oxygen atoms in total. The molecule has 148 valence electrons. The molecular formula is C25H37NO. The molecule has 0 saturated heterocycles. The van der Waals surface area contributed by atoms with Crippen molar-refractivity contribution in [1.29, 1.82) is 5.26 Å². The number of nitrogens with zero attached hydrogens (tertiary/aromatic N) is 1. The highest BCUT2D eigenvalue weighted by atomic mass is 16.5. The largest absolute Gasteiger partial charge is 0.494 e. The van der Waals surface area contributed by atoms with E-state index in [0.29, 0.717) is 5.56 Å². The molecule has 0 amide bonds. The number of ether oxygens (including phenoxy) is 1. The topological polar surface area (TPSA) is 33.0 Å². The van der Waals surface area contributed by atoms with Crippen LogP contribution in [-0.4, -0.2) is 6.61 Å². The van der Waals surface area contributed by atoms with E-state index in [-0.39, 0.29) is 0 Å². The van der Waals surface area contributed by atoms with Crippen LogP contribution in [0.4, 0.5) is 0 Å². The Morgan fingerprint density at radius 2 is 1.70 bits per heavy atom. The van der Waals surface area contributed by atoms with Gasteiger partial charge in [0.05, 0.1) is 18.2 Å². The number of hydrogen-bond acceptors (Lipinski definition) is 2. The van der Waals surface area contributed by atoms with E-state index in [2.05, 4.69) is 13.0 Å². The molecule has 0 aliphatic heterocycles. The molecule has 2 heteroatoms. The number of benzene rings is 1. The molecule has 0 aromatic heterocycles. The average Bonchev–Trinajstić information content (AvgIpc) is 2.73. The Hall–Kier alpha value is -1.49. The van der Waals surface area contributed by atoms with E-state index < -0.39 is 0 Å². The maximum atomic E-state index is 8.87. The van der Waals surface area contributed by atoms with Crippen molar-refractivity contribution in [1.82, 2.24) is 0 Å². The standard InChI is InChI=1S/C25H37NO/c1-2-6-20-10-14-23(15-11-20)25-9-4-3-7-22(25)8-5-18-27-24-16-12-21(19-26)13-17-24/h12-13,16-17,20,22-23,25H,2-11,14-15,18H2,1H3. The normalized spacial score (nSPS) is 28.4. The van der Waals surface area contributed by atoms with Crippen molar-refractivity contribution >= 4 is 0 Å². The molecule has 1 aromatic carbocycles. The second-order valence-corrected chi connectivity index (χ2v) is 8.90. The number of hydrogen-bond donors (Lipinski definition) is 0. The zero-order valence-corrected chi connectivity index (χ0v) is 17.2. The summed E-state index contributed by atoms with van der Waals surface area (Å²) in [7, 11) is 0. The Labute approximate surface area is 166 Å². The summed E-state index contributed by atoms with van der Waals surface area (Å²) in [5.41, 5.74) is 0.695. The third kappa shape index (κ3) is 6.00. The summed E-state index contributed by atoms with van der Waals surface area (Å²) in [6.07, 6.45) is 17.1. The van der Waals surface area contributed by atoms with Crippen molar-refractivity contribution in [3.8, 4) is 11.8 Å². The van der Waals surface area contributed by atoms with Crippen LogP contribution in [0.2, 0.25) is 0 Å². The van der Waals surface area contributed by atoms with Crippen molar-refractivity contribution in [2.24, 2.45) is 23.7 Å². The highest BCUT2D eigenvalue weighted by molar-refractivity contribution is 5.34. The highest BCUT2D eigenvalue weighted by Gasteiger charge is 2.33. The zero-order chi connectivity index (χ0) is 18.9. The van der Waals surface area contributed by atoms with Gasteiger partial charge in [-0.15, -0.1) is 0 Å². The van der Waals surface area contributed by atoms with E-state index in [0.717, 1.165) is 42.4 Å². The average molecular weight is 368 g/mol. The Morgan fingerprint density at radius 3 is 2.41 bits per heavy atom. The van der Waals surface area contributed by atoms with Gasteiger partial charge in [-0.05, 0) is 80.0 Å².